The lowest BCUT2D eigenvalue weighted by atomic mass is 10.1. The number of phenols is 2. The van der Waals surface area contributed by atoms with Crippen molar-refractivity contribution in [3.05, 3.63) is 53.6 Å². The number of carbonyl (C=O) groups excluding carboxylic acids is 1. The van der Waals surface area contributed by atoms with Crippen LogP contribution in [-0.4, -0.2) is 22.2 Å². The van der Waals surface area contributed by atoms with Gasteiger partial charge >= 0.3 is 0 Å². The van der Waals surface area contributed by atoms with Crippen LogP contribution in [0.2, 0.25) is 0 Å². The Labute approximate surface area is 116 Å². The van der Waals surface area contributed by atoms with Gasteiger partial charge in [-0.1, -0.05) is 18.2 Å². The van der Waals surface area contributed by atoms with Crippen molar-refractivity contribution in [1.29, 1.82) is 0 Å². The number of hydrogen-bond acceptors (Lipinski definition) is 3. The summed E-state index contributed by atoms with van der Waals surface area (Å²) in [5.74, 6) is -0.452. The molecule has 102 valence electrons. The lowest BCUT2D eigenvalue weighted by molar-refractivity contribution is 0.0978. The molecule has 1 unspecified atom stereocenters. The Morgan fingerprint density at radius 2 is 1.95 bits per heavy atom. The molecule has 0 aliphatic carbocycles. The number of para-hydroxylation sites is 1. The number of hydrogen-bond donors (Lipinski definition) is 2. The Morgan fingerprint density at radius 3 is 2.75 bits per heavy atom. The quantitative estimate of drug-likeness (QED) is 0.782. The van der Waals surface area contributed by atoms with E-state index < -0.39 is 0 Å². The SMILES string of the molecule is CC1Cc2ccccc2N1C(=O)c1cc(O)ccc1O. The molecule has 0 aromatic heterocycles. The highest BCUT2D eigenvalue weighted by Gasteiger charge is 2.32. The molecule has 4 heteroatoms. The first-order valence-electron chi connectivity index (χ1n) is 6.51. The average molecular weight is 269 g/mol. The number of phenolic OH excluding ortho intramolecular Hbond substituents is 2. The maximum atomic E-state index is 12.6. The van der Waals surface area contributed by atoms with E-state index in [1.807, 2.05) is 31.2 Å². The molecule has 2 N–H and O–H groups in total. The van der Waals surface area contributed by atoms with Crippen molar-refractivity contribution in [1.82, 2.24) is 0 Å². The predicted molar refractivity (Wildman–Crippen MR) is 76.2 cm³/mol. The minimum Gasteiger partial charge on any atom is -0.508 e. The second-order valence-corrected chi connectivity index (χ2v) is 5.06. The summed E-state index contributed by atoms with van der Waals surface area (Å²) < 4.78 is 0. The third-order valence-corrected chi connectivity index (χ3v) is 3.64. The molecule has 0 spiro atoms. The van der Waals surface area contributed by atoms with Crippen molar-refractivity contribution < 1.29 is 15.0 Å². The standard InChI is InChI=1S/C16H15NO3/c1-10-8-11-4-2-3-5-14(11)17(10)16(20)13-9-12(18)6-7-15(13)19/h2-7,9-10,18-19H,8H2,1H3. The summed E-state index contributed by atoms with van der Waals surface area (Å²) in [5.41, 5.74) is 2.11. The van der Waals surface area contributed by atoms with Crippen molar-refractivity contribution in [3.8, 4) is 11.5 Å². The fourth-order valence-corrected chi connectivity index (χ4v) is 2.70. The van der Waals surface area contributed by atoms with Crippen molar-refractivity contribution in [3.63, 3.8) is 0 Å². The number of carbonyl (C=O) groups is 1. The van der Waals surface area contributed by atoms with Gasteiger partial charge in [-0.3, -0.25) is 4.79 Å². The van der Waals surface area contributed by atoms with Gasteiger partial charge in [0.1, 0.15) is 11.5 Å². The second-order valence-electron chi connectivity index (χ2n) is 5.06. The number of nitrogens with zero attached hydrogens (tertiary/aromatic N) is 1. The van der Waals surface area contributed by atoms with Crippen LogP contribution in [0.15, 0.2) is 42.5 Å². The monoisotopic (exact) mass is 269 g/mol. The fraction of sp³-hybridized carbons (Fsp3) is 0.188. The van der Waals surface area contributed by atoms with Gasteiger partial charge in [-0.05, 0) is 43.2 Å². The molecular formula is C16H15NO3. The molecule has 0 fully saturated rings. The molecule has 0 saturated heterocycles. The lowest BCUT2D eigenvalue weighted by Gasteiger charge is -2.23. The molecule has 4 nitrogen and oxygen atoms in total. The Hall–Kier alpha value is -2.49. The van der Waals surface area contributed by atoms with Gasteiger partial charge in [-0.2, -0.15) is 0 Å². The van der Waals surface area contributed by atoms with E-state index in [9.17, 15) is 15.0 Å². The van der Waals surface area contributed by atoms with Gasteiger partial charge in [0, 0.05) is 11.7 Å². The molecule has 3 rings (SSSR count). The van der Waals surface area contributed by atoms with E-state index in [2.05, 4.69) is 0 Å². The van der Waals surface area contributed by atoms with Crippen LogP contribution in [0.3, 0.4) is 0 Å². The lowest BCUT2D eigenvalue weighted by Crippen LogP contribution is -2.35. The van der Waals surface area contributed by atoms with E-state index in [1.54, 1.807) is 4.90 Å². The van der Waals surface area contributed by atoms with Crippen LogP contribution < -0.4 is 4.90 Å². The second kappa shape index (κ2) is 4.56. The summed E-state index contributed by atoms with van der Waals surface area (Å²) in [4.78, 5) is 14.3. The topological polar surface area (TPSA) is 60.8 Å². The molecule has 1 amide bonds. The summed E-state index contributed by atoms with van der Waals surface area (Å²) in [6.45, 7) is 1.97. The van der Waals surface area contributed by atoms with Gasteiger partial charge in [0.05, 0.1) is 5.56 Å². The summed E-state index contributed by atoms with van der Waals surface area (Å²) in [6, 6.07) is 11.7. The molecule has 1 heterocycles. The van der Waals surface area contributed by atoms with Gasteiger partial charge in [-0.25, -0.2) is 0 Å². The highest BCUT2D eigenvalue weighted by atomic mass is 16.3. The van der Waals surface area contributed by atoms with Gasteiger partial charge in [0.15, 0.2) is 0 Å². The highest BCUT2D eigenvalue weighted by molar-refractivity contribution is 6.09. The van der Waals surface area contributed by atoms with Crippen molar-refractivity contribution in [2.75, 3.05) is 4.90 Å². The Morgan fingerprint density at radius 1 is 1.20 bits per heavy atom. The maximum Gasteiger partial charge on any atom is 0.262 e. The normalized spacial score (nSPS) is 17.1. The van der Waals surface area contributed by atoms with E-state index in [4.69, 9.17) is 0 Å². The first kappa shape index (κ1) is 12.5. The van der Waals surface area contributed by atoms with Crippen LogP contribution in [0.25, 0.3) is 0 Å². The first-order chi connectivity index (χ1) is 9.58. The van der Waals surface area contributed by atoms with Crippen LogP contribution in [0.4, 0.5) is 5.69 Å². The van der Waals surface area contributed by atoms with Crippen LogP contribution in [0.5, 0.6) is 11.5 Å². The third-order valence-electron chi connectivity index (χ3n) is 3.64. The zero-order valence-electron chi connectivity index (χ0n) is 11.1. The zero-order chi connectivity index (χ0) is 14.3. The predicted octanol–water partition coefficient (Wildman–Crippen LogP) is 2.69. The molecule has 2 aromatic carbocycles. The van der Waals surface area contributed by atoms with Crippen LogP contribution in [0, 0.1) is 0 Å². The van der Waals surface area contributed by atoms with E-state index in [0.717, 1.165) is 17.7 Å². The number of rotatable bonds is 1. The number of amides is 1. The first-order valence-corrected chi connectivity index (χ1v) is 6.51. The van der Waals surface area contributed by atoms with Crippen LogP contribution in [-0.2, 0) is 6.42 Å². The molecule has 0 radical (unpaired) electrons. The van der Waals surface area contributed by atoms with Crippen molar-refractivity contribution in [2.45, 2.75) is 19.4 Å². The van der Waals surface area contributed by atoms with Crippen LogP contribution in [0.1, 0.15) is 22.8 Å². The van der Waals surface area contributed by atoms with E-state index in [0.29, 0.717) is 0 Å². The Bertz CT molecular complexity index is 681. The van der Waals surface area contributed by atoms with Gasteiger partial charge in [0.25, 0.3) is 5.91 Å². The fourth-order valence-electron chi connectivity index (χ4n) is 2.70. The van der Waals surface area contributed by atoms with Gasteiger partial charge in [0.2, 0.25) is 0 Å². The number of fused-ring (bicyclic) bond motifs is 1. The molecule has 1 atom stereocenters. The van der Waals surface area contributed by atoms with E-state index >= 15 is 0 Å². The minimum atomic E-state index is -0.296. The van der Waals surface area contributed by atoms with E-state index in [1.165, 1.54) is 18.2 Å². The number of anilines is 1. The summed E-state index contributed by atoms with van der Waals surface area (Å²) in [7, 11) is 0. The Kier molecular flexibility index (Phi) is 2.86. The molecule has 1 aliphatic heterocycles. The Balaban J connectivity index is 2.05. The third kappa shape index (κ3) is 1.90. The highest BCUT2D eigenvalue weighted by Crippen LogP contribution is 2.34. The largest absolute Gasteiger partial charge is 0.508 e. The number of benzene rings is 2. The van der Waals surface area contributed by atoms with Crippen LogP contribution >= 0.6 is 0 Å². The average Bonchev–Trinajstić information content (AvgIpc) is 2.76. The smallest absolute Gasteiger partial charge is 0.262 e. The van der Waals surface area contributed by atoms with E-state index in [-0.39, 0.29) is 29.0 Å². The summed E-state index contributed by atoms with van der Waals surface area (Å²) in [5, 5.41) is 19.3. The van der Waals surface area contributed by atoms with Gasteiger partial charge < -0.3 is 15.1 Å². The van der Waals surface area contributed by atoms with Gasteiger partial charge in [-0.15, -0.1) is 0 Å². The molecule has 1 aliphatic rings. The number of aromatic hydroxyl groups is 2. The summed E-state index contributed by atoms with van der Waals surface area (Å²) in [6.07, 6.45) is 0.793. The zero-order valence-corrected chi connectivity index (χ0v) is 11.1. The maximum absolute atomic E-state index is 12.6. The van der Waals surface area contributed by atoms with Crippen molar-refractivity contribution >= 4 is 11.6 Å². The molecule has 2 aromatic rings. The summed E-state index contributed by atoms with van der Waals surface area (Å²) >= 11 is 0. The van der Waals surface area contributed by atoms with Crippen molar-refractivity contribution in [2.24, 2.45) is 0 Å². The minimum absolute atomic E-state index is 0.0293. The molecular weight excluding hydrogens is 254 g/mol. The molecule has 20 heavy (non-hydrogen) atoms. The molecule has 0 saturated carbocycles. The molecule has 0 bridgehead atoms.